The van der Waals surface area contributed by atoms with Crippen molar-refractivity contribution >= 4 is 17.0 Å². The molecule has 5 nitrogen and oxygen atoms in total. The summed E-state index contributed by atoms with van der Waals surface area (Å²) in [6, 6.07) is 4.98. The highest BCUT2D eigenvalue weighted by Gasteiger charge is 2.10. The van der Waals surface area contributed by atoms with Gasteiger partial charge in [0.15, 0.2) is 0 Å². The Labute approximate surface area is 111 Å². The lowest BCUT2D eigenvalue weighted by Crippen LogP contribution is -2.05. The van der Waals surface area contributed by atoms with Crippen molar-refractivity contribution in [3.05, 3.63) is 29.6 Å². The number of aliphatic hydroxyl groups is 1. The monoisotopic (exact) mass is 262 g/mol. The normalized spacial score (nSPS) is 12.8. The predicted molar refractivity (Wildman–Crippen MR) is 72.3 cm³/mol. The first-order valence-corrected chi connectivity index (χ1v) is 6.37. The van der Waals surface area contributed by atoms with Gasteiger partial charge in [-0.3, -0.25) is 0 Å². The summed E-state index contributed by atoms with van der Waals surface area (Å²) < 4.78 is 2.06. The van der Waals surface area contributed by atoms with Gasteiger partial charge in [0, 0.05) is 6.54 Å². The topological polar surface area (TPSA) is 75.3 Å². The molecule has 0 amide bonds. The first-order chi connectivity index (χ1) is 8.99. The minimum atomic E-state index is -0.941. The molecule has 1 heterocycles. The third kappa shape index (κ3) is 2.93. The lowest BCUT2D eigenvalue weighted by atomic mass is 10.2. The Balaban J connectivity index is 2.29. The van der Waals surface area contributed by atoms with Gasteiger partial charge in [-0.25, -0.2) is 9.78 Å². The Kier molecular flexibility index (Phi) is 3.85. The number of aryl methyl sites for hydroxylation is 2. The third-order valence-electron chi connectivity index (χ3n) is 3.19. The third-order valence-corrected chi connectivity index (χ3v) is 3.19. The van der Waals surface area contributed by atoms with Crippen LogP contribution in [0, 0.1) is 6.92 Å². The first-order valence-electron chi connectivity index (χ1n) is 6.37. The molecule has 0 saturated carbocycles. The molecule has 1 aromatic carbocycles. The number of carboxylic acid groups (broad SMARTS) is 1. The van der Waals surface area contributed by atoms with Crippen molar-refractivity contribution in [1.29, 1.82) is 0 Å². The van der Waals surface area contributed by atoms with E-state index in [0.717, 1.165) is 30.7 Å². The number of carbonyl (C=O) groups is 1. The van der Waals surface area contributed by atoms with Gasteiger partial charge >= 0.3 is 5.97 Å². The highest BCUT2D eigenvalue weighted by molar-refractivity contribution is 5.92. The quantitative estimate of drug-likeness (QED) is 0.866. The van der Waals surface area contributed by atoms with E-state index in [1.807, 2.05) is 6.92 Å². The van der Waals surface area contributed by atoms with Gasteiger partial charge in [0.2, 0.25) is 0 Å². The Bertz CT molecular complexity index is 602. The number of hydrogen-bond acceptors (Lipinski definition) is 3. The van der Waals surface area contributed by atoms with Crippen LogP contribution in [0.25, 0.3) is 11.0 Å². The number of aromatic nitrogens is 2. The van der Waals surface area contributed by atoms with E-state index in [1.165, 1.54) is 0 Å². The summed E-state index contributed by atoms with van der Waals surface area (Å²) in [5.74, 6) is -0.0775. The molecule has 0 aliphatic heterocycles. The fourth-order valence-electron chi connectivity index (χ4n) is 2.21. The van der Waals surface area contributed by atoms with Crippen LogP contribution in [0.4, 0.5) is 0 Å². The highest BCUT2D eigenvalue weighted by atomic mass is 16.4. The Morgan fingerprint density at radius 2 is 2.21 bits per heavy atom. The molecule has 0 bridgehead atoms. The molecule has 0 fully saturated rings. The largest absolute Gasteiger partial charge is 0.478 e. The number of hydrogen-bond donors (Lipinski definition) is 2. The zero-order valence-corrected chi connectivity index (χ0v) is 11.1. The Morgan fingerprint density at radius 1 is 1.47 bits per heavy atom. The van der Waals surface area contributed by atoms with Gasteiger partial charge in [-0.05, 0) is 44.9 Å². The predicted octanol–water partition coefficient (Wildman–Crippen LogP) is 2.20. The number of fused-ring (bicyclic) bond motifs is 1. The molecule has 1 unspecified atom stereocenters. The second-order valence-corrected chi connectivity index (χ2v) is 4.81. The molecule has 0 aliphatic rings. The molecule has 19 heavy (non-hydrogen) atoms. The minimum absolute atomic E-state index is 0.251. The maximum Gasteiger partial charge on any atom is 0.335 e. The summed E-state index contributed by atoms with van der Waals surface area (Å²) >= 11 is 0. The molecule has 1 aromatic heterocycles. The fraction of sp³-hybridized carbons (Fsp3) is 0.429. The van der Waals surface area contributed by atoms with E-state index in [9.17, 15) is 9.90 Å². The van der Waals surface area contributed by atoms with Crippen molar-refractivity contribution in [2.75, 3.05) is 0 Å². The van der Waals surface area contributed by atoms with Gasteiger partial charge in [-0.15, -0.1) is 0 Å². The Hall–Kier alpha value is -1.88. The fourth-order valence-corrected chi connectivity index (χ4v) is 2.21. The molecule has 0 spiro atoms. The van der Waals surface area contributed by atoms with Crippen LogP contribution >= 0.6 is 0 Å². The molecular formula is C14H18N2O3. The van der Waals surface area contributed by atoms with Crippen molar-refractivity contribution < 1.29 is 15.0 Å². The zero-order valence-electron chi connectivity index (χ0n) is 11.1. The number of carboxylic acids is 1. The summed E-state index contributed by atoms with van der Waals surface area (Å²) in [5.41, 5.74) is 1.89. The lowest BCUT2D eigenvalue weighted by Gasteiger charge is -2.08. The highest BCUT2D eigenvalue weighted by Crippen LogP contribution is 2.18. The van der Waals surface area contributed by atoms with Crippen LogP contribution in [0.1, 0.15) is 35.9 Å². The van der Waals surface area contributed by atoms with Crippen LogP contribution in [0.15, 0.2) is 18.2 Å². The van der Waals surface area contributed by atoms with E-state index in [-0.39, 0.29) is 11.7 Å². The summed E-state index contributed by atoms with van der Waals surface area (Å²) in [6.07, 6.45) is 1.31. The van der Waals surface area contributed by atoms with Gasteiger partial charge in [0.25, 0.3) is 0 Å². The van der Waals surface area contributed by atoms with Gasteiger partial charge in [0.1, 0.15) is 5.82 Å². The second-order valence-electron chi connectivity index (χ2n) is 4.81. The number of imidazole rings is 1. The van der Waals surface area contributed by atoms with Gasteiger partial charge in [-0.2, -0.15) is 0 Å². The average molecular weight is 262 g/mol. The summed E-state index contributed by atoms with van der Waals surface area (Å²) in [4.78, 5) is 15.3. The van der Waals surface area contributed by atoms with Crippen LogP contribution in [0.3, 0.4) is 0 Å². The van der Waals surface area contributed by atoms with E-state index >= 15 is 0 Å². The minimum Gasteiger partial charge on any atom is -0.478 e. The summed E-state index contributed by atoms with van der Waals surface area (Å²) in [6.45, 7) is 4.46. The number of aliphatic hydroxyl groups excluding tert-OH is 1. The van der Waals surface area contributed by atoms with E-state index < -0.39 is 5.97 Å². The van der Waals surface area contributed by atoms with Gasteiger partial charge < -0.3 is 14.8 Å². The Morgan fingerprint density at radius 3 is 2.84 bits per heavy atom. The summed E-state index contributed by atoms with van der Waals surface area (Å²) in [7, 11) is 0. The van der Waals surface area contributed by atoms with Crippen LogP contribution in [0.5, 0.6) is 0 Å². The van der Waals surface area contributed by atoms with Crippen LogP contribution in [-0.2, 0) is 6.54 Å². The molecule has 1 atom stereocenters. The van der Waals surface area contributed by atoms with Gasteiger partial charge in [0.05, 0.1) is 22.7 Å². The maximum absolute atomic E-state index is 10.9. The van der Waals surface area contributed by atoms with E-state index in [1.54, 1.807) is 25.1 Å². The van der Waals surface area contributed by atoms with Crippen LogP contribution < -0.4 is 0 Å². The van der Waals surface area contributed by atoms with Crippen molar-refractivity contribution in [3.63, 3.8) is 0 Å². The second kappa shape index (κ2) is 5.40. The number of nitrogens with zero attached hydrogens (tertiary/aromatic N) is 2. The standard InChI is InChI=1S/C14H18N2O3/c1-9(17)4-3-7-16-10(2)15-12-8-11(14(18)19)5-6-13(12)16/h5-6,8-9,17H,3-4,7H2,1-2H3,(H,18,19). The smallest absolute Gasteiger partial charge is 0.335 e. The van der Waals surface area contributed by atoms with Crippen LogP contribution in [-0.4, -0.2) is 31.8 Å². The molecule has 102 valence electrons. The van der Waals surface area contributed by atoms with Crippen molar-refractivity contribution in [1.82, 2.24) is 9.55 Å². The molecule has 0 saturated heterocycles. The van der Waals surface area contributed by atoms with Crippen molar-refractivity contribution in [2.24, 2.45) is 0 Å². The summed E-state index contributed by atoms with van der Waals surface area (Å²) in [5, 5.41) is 18.2. The molecule has 2 N–H and O–H groups in total. The maximum atomic E-state index is 10.9. The van der Waals surface area contributed by atoms with Crippen LogP contribution in [0.2, 0.25) is 0 Å². The SMILES string of the molecule is Cc1nc2cc(C(=O)O)ccc2n1CCCC(C)O. The zero-order chi connectivity index (χ0) is 14.0. The number of rotatable bonds is 5. The van der Waals surface area contributed by atoms with Crippen molar-refractivity contribution in [3.8, 4) is 0 Å². The van der Waals surface area contributed by atoms with E-state index in [0.29, 0.717) is 5.52 Å². The van der Waals surface area contributed by atoms with E-state index in [4.69, 9.17) is 5.11 Å². The lowest BCUT2D eigenvalue weighted by molar-refractivity contribution is 0.0697. The van der Waals surface area contributed by atoms with Crippen molar-refractivity contribution in [2.45, 2.75) is 39.3 Å². The molecule has 5 heteroatoms. The van der Waals surface area contributed by atoms with E-state index in [2.05, 4.69) is 9.55 Å². The molecule has 0 aliphatic carbocycles. The number of aromatic carboxylic acids is 1. The number of benzene rings is 1. The first kappa shape index (κ1) is 13.5. The molecular weight excluding hydrogens is 244 g/mol. The average Bonchev–Trinajstić information content (AvgIpc) is 2.64. The molecule has 2 aromatic rings. The molecule has 0 radical (unpaired) electrons. The molecule has 2 rings (SSSR count). The van der Waals surface area contributed by atoms with Gasteiger partial charge in [-0.1, -0.05) is 0 Å².